The number of carboxylic acids is 1. The van der Waals surface area contributed by atoms with Crippen LogP contribution in [0, 0.1) is 0 Å². The summed E-state index contributed by atoms with van der Waals surface area (Å²) in [5.41, 5.74) is 5.18. The lowest BCUT2D eigenvalue weighted by Crippen LogP contribution is -2.59. The number of hydrogen-bond donors (Lipinski definition) is 2. The van der Waals surface area contributed by atoms with Gasteiger partial charge in [-0.1, -0.05) is 0 Å². The lowest BCUT2D eigenvalue weighted by atomic mass is 10.00. The number of nitrogens with zero attached hydrogens (tertiary/aromatic N) is 1. The minimum atomic E-state index is -5.08. The molecule has 0 bridgehead atoms. The van der Waals surface area contributed by atoms with Gasteiger partial charge in [0.1, 0.15) is 0 Å². The Balaban J connectivity index is 0.000000441. The fourth-order valence-electron chi connectivity index (χ4n) is 1.74. The van der Waals surface area contributed by atoms with Crippen LogP contribution in [0.3, 0.4) is 0 Å². The molecule has 20 heavy (non-hydrogen) atoms. The smallest absolute Gasteiger partial charge is 0.475 e. The van der Waals surface area contributed by atoms with Gasteiger partial charge in [0.25, 0.3) is 0 Å². The number of morpholine rings is 1. The molecule has 118 valence electrons. The standard InChI is InChI=1S/C9H18N2O2.C2HF3O2/c1-7(8(10)12)11-4-5-13-6-9(11,2)3;3-2(4,5)1(6)7/h7H,4-6H2,1-3H3,(H2,10,12);(H,6,7). The van der Waals surface area contributed by atoms with E-state index in [-0.39, 0.29) is 17.5 Å². The van der Waals surface area contributed by atoms with Gasteiger partial charge >= 0.3 is 12.1 Å². The molecule has 0 radical (unpaired) electrons. The third-order valence-electron chi connectivity index (χ3n) is 2.83. The Labute approximate surface area is 114 Å². The van der Waals surface area contributed by atoms with Gasteiger partial charge in [0.15, 0.2) is 0 Å². The van der Waals surface area contributed by atoms with Crippen LogP contribution in [0.5, 0.6) is 0 Å². The number of carbonyl (C=O) groups is 2. The third kappa shape index (κ3) is 5.74. The van der Waals surface area contributed by atoms with E-state index in [1.807, 2.05) is 6.92 Å². The molecule has 1 aliphatic rings. The highest BCUT2D eigenvalue weighted by Crippen LogP contribution is 2.21. The van der Waals surface area contributed by atoms with Crippen LogP contribution in [0.15, 0.2) is 0 Å². The zero-order valence-electron chi connectivity index (χ0n) is 11.5. The fraction of sp³-hybridized carbons (Fsp3) is 0.818. The van der Waals surface area contributed by atoms with E-state index in [1.54, 1.807) is 0 Å². The zero-order chi connectivity index (χ0) is 16.1. The van der Waals surface area contributed by atoms with Crippen molar-refractivity contribution < 1.29 is 32.6 Å². The predicted molar refractivity (Wildman–Crippen MR) is 64.0 cm³/mol. The normalized spacial score (nSPS) is 20.5. The number of amides is 1. The van der Waals surface area contributed by atoms with Gasteiger partial charge in [-0.15, -0.1) is 0 Å². The quantitative estimate of drug-likeness (QED) is 0.779. The molecule has 1 aliphatic heterocycles. The van der Waals surface area contributed by atoms with Crippen LogP contribution in [0.1, 0.15) is 20.8 Å². The maximum Gasteiger partial charge on any atom is 0.490 e. The number of alkyl halides is 3. The van der Waals surface area contributed by atoms with Gasteiger partial charge in [-0.3, -0.25) is 9.69 Å². The van der Waals surface area contributed by atoms with E-state index >= 15 is 0 Å². The SMILES string of the molecule is CC(C(N)=O)N1CCOCC1(C)C.O=C(O)C(F)(F)F. The lowest BCUT2D eigenvalue weighted by Gasteiger charge is -2.44. The lowest BCUT2D eigenvalue weighted by molar-refractivity contribution is -0.192. The van der Waals surface area contributed by atoms with Crippen molar-refractivity contribution in [2.75, 3.05) is 19.8 Å². The molecule has 1 atom stereocenters. The molecule has 0 aliphatic carbocycles. The van der Waals surface area contributed by atoms with Crippen LogP contribution < -0.4 is 5.73 Å². The molecule has 0 aromatic carbocycles. The molecule has 3 N–H and O–H groups in total. The summed E-state index contributed by atoms with van der Waals surface area (Å²) in [6, 6.07) is -0.209. The van der Waals surface area contributed by atoms with Crippen molar-refractivity contribution in [3.63, 3.8) is 0 Å². The second kappa shape index (κ2) is 6.89. The minimum absolute atomic E-state index is 0.0906. The van der Waals surface area contributed by atoms with Gasteiger partial charge in [0.2, 0.25) is 5.91 Å². The molecular weight excluding hydrogens is 281 g/mol. The Morgan fingerprint density at radius 3 is 2.15 bits per heavy atom. The monoisotopic (exact) mass is 300 g/mol. The Hall–Kier alpha value is -1.35. The molecule has 9 heteroatoms. The number of carboxylic acid groups (broad SMARTS) is 1. The number of rotatable bonds is 2. The highest BCUT2D eigenvalue weighted by molar-refractivity contribution is 5.79. The summed E-state index contributed by atoms with van der Waals surface area (Å²) in [6.07, 6.45) is -5.08. The zero-order valence-corrected chi connectivity index (χ0v) is 11.5. The topological polar surface area (TPSA) is 92.9 Å². The number of nitrogens with two attached hydrogens (primary N) is 1. The van der Waals surface area contributed by atoms with Crippen LogP contribution >= 0.6 is 0 Å². The number of halogens is 3. The molecule has 1 heterocycles. The first kappa shape index (κ1) is 18.7. The predicted octanol–water partition coefficient (Wildman–Crippen LogP) is 0.604. The summed E-state index contributed by atoms with van der Waals surface area (Å²) in [5.74, 6) is -3.03. The van der Waals surface area contributed by atoms with Crippen LogP contribution in [-0.4, -0.2) is 59.4 Å². The highest BCUT2D eigenvalue weighted by atomic mass is 19.4. The van der Waals surface area contributed by atoms with Crippen LogP contribution in [-0.2, 0) is 14.3 Å². The largest absolute Gasteiger partial charge is 0.490 e. The Kier molecular flexibility index (Phi) is 6.42. The van der Waals surface area contributed by atoms with Gasteiger partial charge in [0, 0.05) is 12.1 Å². The van der Waals surface area contributed by atoms with Gasteiger partial charge < -0.3 is 15.6 Å². The van der Waals surface area contributed by atoms with E-state index in [1.165, 1.54) is 0 Å². The van der Waals surface area contributed by atoms with Gasteiger partial charge in [-0.25, -0.2) is 4.79 Å². The molecule has 1 unspecified atom stereocenters. The van der Waals surface area contributed by atoms with Crippen molar-refractivity contribution in [3.05, 3.63) is 0 Å². The number of aliphatic carboxylic acids is 1. The number of hydrogen-bond acceptors (Lipinski definition) is 4. The van der Waals surface area contributed by atoms with E-state index < -0.39 is 12.1 Å². The molecule has 1 fully saturated rings. The maximum atomic E-state index is 11.0. The summed E-state index contributed by atoms with van der Waals surface area (Å²) in [5, 5.41) is 7.12. The molecule has 1 rings (SSSR count). The number of primary amides is 1. The summed E-state index contributed by atoms with van der Waals surface area (Å²) in [4.78, 5) is 22.0. The van der Waals surface area contributed by atoms with Gasteiger partial charge in [-0.2, -0.15) is 13.2 Å². The molecule has 6 nitrogen and oxygen atoms in total. The second-order valence-electron chi connectivity index (χ2n) is 4.94. The summed E-state index contributed by atoms with van der Waals surface area (Å²) in [7, 11) is 0. The average molecular weight is 300 g/mol. The first-order valence-electron chi connectivity index (χ1n) is 5.83. The molecule has 1 saturated heterocycles. The fourth-order valence-corrected chi connectivity index (χ4v) is 1.74. The van der Waals surface area contributed by atoms with Crippen LogP contribution in [0.4, 0.5) is 13.2 Å². The first-order valence-corrected chi connectivity index (χ1v) is 5.83. The number of carbonyl (C=O) groups excluding carboxylic acids is 1. The van der Waals surface area contributed by atoms with E-state index in [0.29, 0.717) is 13.2 Å². The Bertz CT molecular complexity index is 358. The van der Waals surface area contributed by atoms with E-state index in [4.69, 9.17) is 20.4 Å². The number of ether oxygens (including phenoxy) is 1. The average Bonchev–Trinajstić information content (AvgIpc) is 2.27. The van der Waals surface area contributed by atoms with E-state index in [0.717, 1.165) is 6.54 Å². The van der Waals surface area contributed by atoms with E-state index in [9.17, 15) is 18.0 Å². The maximum absolute atomic E-state index is 11.0. The molecular formula is C11H19F3N2O4. The highest BCUT2D eigenvalue weighted by Gasteiger charge is 2.38. The van der Waals surface area contributed by atoms with Crippen molar-refractivity contribution in [2.45, 2.75) is 38.5 Å². The molecule has 0 aromatic rings. The van der Waals surface area contributed by atoms with Crippen molar-refractivity contribution in [3.8, 4) is 0 Å². The van der Waals surface area contributed by atoms with Gasteiger partial charge in [0.05, 0.1) is 19.3 Å². The summed E-state index contributed by atoms with van der Waals surface area (Å²) < 4.78 is 37.1. The molecule has 0 spiro atoms. The van der Waals surface area contributed by atoms with Crippen molar-refractivity contribution in [2.24, 2.45) is 5.73 Å². The molecule has 1 amide bonds. The minimum Gasteiger partial charge on any atom is -0.475 e. The Morgan fingerprint density at radius 1 is 1.40 bits per heavy atom. The molecule has 0 saturated carbocycles. The summed E-state index contributed by atoms with van der Waals surface area (Å²) >= 11 is 0. The van der Waals surface area contributed by atoms with E-state index in [2.05, 4.69) is 18.7 Å². The third-order valence-corrected chi connectivity index (χ3v) is 2.83. The van der Waals surface area contributed by atoms with Crippen molar-refractivity contribution in [1.82, 2.24) is 4.90 Å². The summed E-state index contributed by atoms with van der Waals surface area (Å²) in [6.45, 7) is 8.08. The van der Waals surface area contributed by atoms with Gasteiger partial charge in [-0.05, 0) is 20.8 Å². The Morgan fingerprint density at radius 2 is 1.85 bits per heavy atom. The van der Waals surface area contributed by atoms with Crippen LogP contribution in [0.25, 0.3) is 0 Å². The molecule has 0 aromatic heterocycles. The van der Waals surface area contributed by atoms with Crippen molar-refractivity contribution in [1.29, 1.82) is 0 Å². The van der Waals surface area contributed by atoms with Crippen molar-refractivity contribution >= 4 is 11.9 Å². The second-order valence-corrected chi connectivity index (χ2v) is 4.94. The first-order chi connectivity index (χ1) is 8.89. The van der Waals surface area contributed by atoms with Crippen LogP contribution in [0.2, 0.25) is 0 Å².